The minimum absolute atomic E-state index is 0.0375. The summed E-state index contributed by atoms with van der Waals surface area (Å²) in [6, 6.07) is 11.8. The monoisotopic (exact) mass is 427 g/mol. The van der Waals surface area contributed by atoms with Crippen LogP contribution in [0, 0.1) is 6.92 Å². The van der Waals surface area contributed by atoms with Gasteiger partial charge in [0.15, 0.2) is 17.5 Å². The smallest absolute Gasteiger partial charge is 0.282 e. The molecule has 2 heterocycles. The van der Waals surface area contributed by atoms with Gasteiger partial charge in [0, 0.05) is 17.3 Å². The van der Waals surface area contributed by atoms with Crippen molar-refractivity contribution in [2.45, 2.75) is 26.4 Å². The minimum atomic E-state index is -0.108. The highest BCUT2D eigenvalue weighted by Gasteiger charge is 2.31. The molecule has 0 radical (unpaired) electrons. The zero-order valence-electron chi connectivity index (χ0n) is 18.6. The van der Waals surface area contributed by atoms with E-state index in [4.69, 9.17) is 14.2 Å². The van der Waals surface area contributed by atoms with Crippen molar-refractivity contribution >= 4 is 11.6 Å². The Morgan fingerprint density at radius 1 is 1.06 bits per heavy atom. The number of nitrogens with one attached hydrogen (secondary N) is 3. The fourth-order valence-electron chi connectivity index (χ4n) is 4.41. The molecule has 1 amide bonds. The number of ether oxygens (including phenoxy) is 3. The van der Waals surface area contributed by atoms with Crippen LogP contribution in [0.15, 0.2) is 36.4 Å². The van der Waals surface area contributed by atoms with E-state index in [0.29, 0.717) is 19.0 Å². The quantitative estimate of drug-likeness (QED) is 0.611. The molecule has 3 N–H and O–H groups in total. The molecule has 2 aromatic carbocycles. The normalized spacial score (nSPS) is 21.3. The molecule has 1 atom stereocenters. The van der Waals surface area contributed by atoms with Gasteiger partial charge in [-0.1, -0.05) is 11.6 Å². The molecule has 7 heteroatoms. The van der Waals surface area contributed by atoms with Gasteiger partial charge in [0.05, 0.1) is 7.11 Å². The van der Waals surface area contributed by atoms with Gasteiger partial charge < -0.3 is 29.3 Å². The molecule has 0 aliphatic carbocycles. The zero-order valence-corrected chi connectivity index (χ0v) is 18.6. The van der Waals surface area contributed by atoms with Crippen molar-refractivity contribution in [1.29, 1.82) is 0 Å². The summed E-state index contributed by atoms with van der Waals surface area (Å²) in [5.74, 6) is 2.41. The number of hydrogen-bond acceptors (Lipinski definition) is 4. The first kappa shape index (κ1) is 21.5. The summed E-state index contributed by atoms with van der Waals surface area (Å²) < 4.78 is 16.7. The first-order valence-corrected chi connectivity index (χ1v) is 11.1. The molecule has 2 aliphatic heterocycles. The van der Waals surface area contributed by atoms with E-state index in [0.717, 1.165) is 49.9 Å². The van der Waals surface area contributed by atoms with Crippen molar-refractivity contribution in [3.05, 3.63) is 47.5 Å². The number of amides is 1. The maximum absolute atomic E-state index is 12.8. The maximum Gasteiger partial charge on any atom is 0.282 e. The van der Waals surface area contributed by atoms with Crippen LogP contribution >= 0.6 is 0 Å². The Balaban J connectivity index is 1.30. The molecule has 0 bridgehead atoms. The van der Waals surface area contributed by atoms with Crippen LogP contribution in [-0.2, 0) is 11.3 Å². The van der Waals surface area contributed by atoms with Gasteiger partial charge in [-0.05, 0) is 38.1 Å². The summed E-state index contributed by atoms with van der Waals surface area (Å²) in [7, 11) is 1.73. The molecule has 4 rings (SSSR count). The van der Waals surface area contributed by atoms with Gasteiger partial charge in [-0.2, -0.15) is 0 Å². The van der Waals surface area contributed by atoms with Crippen LogP contribution < -0.4 is 29.3 Å². The van der Waals surface area contributed by atoms with Crippen LogP contribution in [-0.4, -0.2) is 58.5 Å². The highest BCUT2D eigenvalue weighted by Crippen LogP contribution is 2.32. The van der Waals surface area contributed by atoms with Gasteiger partial charge in [0.2, 0.25) is 0 Å². The van der Waals surface area contributed by atoms with Crippen LogP contribution in [0.3, 0.4) is 0 Å². The predicted octanol–water partition coefficient (Wildman–Crippen LogP) is 0.0854. The van der Waals surface area contributed by atoms with E-state index >= 15 is 0 Å². The minimum Gasteiger partial charge on any atom is -0.496 e. The van der Waals surface area contributed by atoms with E-state index in [1.807, 2.05) is 25.1 Å². The molecule has 1 fully saturated rings. The first-order chi connectivity index (χ1) is 15.0. The number of aryl methyl sites for hydroxylation is 1. The second-order valence-corrected chi connectivity index (χ2v) is 8.47. The number of carbonyl (C=O) groups is 1. The highest BCUT2D eigenvalue weighted by atomic mass is 16.6. The summed E-state index contributed by atoms with van der Waals surface area (Å²) in [4.78, 5) is 15.7. The number of quaternary nitrogens is 2. The Bertz CT molecular complexity index is 925. The number of benzene rings is 2. The number of hydrogen-bond donors (Lipinski definition) is 3. The van der Waals surface area contributed by atoms with E-state index in [1.165, 1.54) is 20.9 Å². The van der Waals surface area contributed by atoms with Gasteiger partial charge in [-0.15, -0.1) is 0 Å². The van der Waals surface area contributed by atoms with Gasteiger partial charge in [-0.3, -0.25) is 4.79 Å². The Morgan fingerprint density at radius 3 is 2.55 bits per heavy atom. The molecule has 166 valence electrons. The van der Waals surface area contributed by atoms with Gasteiger partial charge in [-0.25, -0.2) is 0 Å². The van der Waals surface area contributed by atoms with Crippen LogP contribution in [0.4, 0.5) is 5.69 Å². The molecule has 31 heavy (non-hydrogen) atoms. The van der Waals surface area contributed by atoms with Crippen LogP contribution in [0.2, 0.25) is 0 Å². The Kier molecular flexibility index (Phi) is 6.63. The largest absolute Gasteiger partial charge is 0.496 e. The molecule has 0 saturated carbocycles. The third-order valence-corrected chi connectivity index (χ3v) is 6.29. The number of anilines is 1. The predicted molar refractivity (Wildman–Crippen MR) is 118 cm³/mol. The van der Waals surface area contributed by atoms with E-state index in [-0.39, 0.29) is 11.9 Å². The lowest BCUT2D eigenvalue weighted by molar-refractivity contribution is -1.02. The maximum atomic E-state index is 12.8. The molecule has 0 unspecified atom stereocenters. The van der Waals surface area contributed by atoms with Gasteiger partial charge in [0.25, 0.3) is 5.91 Å². The second-order valence-electron chi connectivity index (χ2n) is 8.47. The Morgan fingerprint density at radius 2 is 1.81 bits per heavy atom. The van der Waals surface area contributed by atoms with E-state index < -0.39 is 0 Å². The van der Waals surface area contributed by atoms with E-state index in [2.05, 4.69) is 30.4 Å². The molecule has 2 aliphatic rings. The second kappa shape index (κ2) is 9.58. The van der Waals surface area contributed by atoms with Crippen LogP contribution in [0.25, 0.3) is 0 Å². The van der Waals surface area contributed by atoms with Gasteiger partial charge in [0.1, 0.15) is 51.7 Å². The molecule has 0 aromatic heterocycles. The number of rotatable bonds is 6. The van der Waals surface area contributed by atoms with Crippen molar-refractivity contribution in [3.8, 4) is 17.2 Å². The molecule has 7 nitrogen and oxygen atoms in total. The molecule has 1 saturated heterocycles. The average Bonchev–Trinajstić information content (AvgIpc) is 2.79. The SMILES string of the molecule is COc1ccc(C)cc1C[NH+]1CC[NH+]([C@H](C)C(=O)Nc2ccc3c(c2)OCCO3)CC1. The zero-order chi connectivity index (χ0) is 21.8. The third kappa shape index (κ3) is 5.11. The average molecular weight is 428 g/mol. The number of fused-ring (bicyclic) bond motifs is 1. The molecular weight excluding hydrogens is 394 g/mol. The summed E-state index contributed by atoms with van der Waals surface area (Å²) in [5, 5.41) is 3.04. The molecule has 2 aromatic rings. The first-order valence-electron chi connectivity index (χ1n) is 11.1. The van der Waals surface area contributed by atoms with E-state index in [9.17, 15) is 4.79 Å². The standard InChI is InChI=1S/C24H31N3O4/c1-17-4-6-21(29-3)19(14-17)16-26-8-10-27(11-9-26)18(2)24(28)25-20-5-7-22-23(15-20)31-13-12-30-22/h4-7,14-15,18H,8-13,16H2,1-3H3,(H,25,28)/p+2/t18-/m1/s1. The number of piperazine rings is 1. The lowest BCUT2D eigenvalue weighted by Crippen LogP contribution is -3.29. The van der Waals surface area contributed by atoms with Crippen molar-refractivity contribution in [3.63, 3.8) is 0 Å². The summed E-state index contributed by atoms with van der Waals surface area (Å²) in [6.45, 7) is 10.2. The lowest BCUT2D eigenvalue weighted by atomic mass is 10.1. The fraction of sp³-hybridized carbons (Fsp3) is 0.458. The Hall–Kier alpha value is -2.77. The number of carbonyl (C=O) groups excluding carboxylic acids is 1. The third-order valence-electron chi connectivity index (χ3n) is 6.29. The molecule has 0 spiro atoms. The topological polar surface area (TPSA) is 65.7 Å². The van der Waals surface area contributed by atoms with Crippen LogP contribution in [0.1, 0.15) is 18.1 Å². The van der Waals surface area contributed by atoms with Crippen LogP contribution in [0.5, 0.6) is 17.2 Å². The molecular formula is C24H33N3O4+2. The van der Waals surface area contributed by atoms with Crippen molar-refractivity contribution in [2.24, 2.45) is 0 Å². The lowest BCUT2D eigenvalue weighted by Gasteiger charge is -2.33. The summed E-state index contributed by atoms with van der Waals surface area (Å²) in [6.07, 6.45) is 0. The van der Waals surface area contributed by atoms with Crippen molar-refractivity contribution in [2.75, 3.05) is 51.8 Å². The Labute approximate surface area is 183 Å². The summed E-state index contributed by atoms with van der Waals surface area (Å²) in [5.41, 5.74) is 3.26. The number of methoxy groups -OCH3 is 1. The van der Waals surface area contributed by atoms with Crippen molar-refractivity contribution in [1.82, 2.24) is 0 Å². The highest BCUT2D eigenvalue weighted by molar-refractivity contribution is 5.93. The fourth-order valence-corrected chi connectivity index (χ4v) is 4.41. The summed E-state index contributed by atoms with van der Waals surface area (Å²) >= 11 is 0. The van der Waals surface area contributed by atoms with E-state index in [1.54, 1.807) is 7.11 Å². The van der Waals surface area contributed by atoms with Crippen molar-refractivity contribution < 1.29 is 28.8 Å². The van der Waals surface area contributed by atoms with Gasteiger partial charge >= 0.3 is 0 Å².